The molecule has 2 heteroatoms. The maximum Gasteiger partial charge on any atom is 0.0130 e. The molecule has 0 atom stereocenters. The van der Waals surface area contributed by atoms with Crippen molar-refractivity contribution in [1.29, 1.82) is 0 Å². The number of thiol groups is 1. The van der Waals surface area contributed by atoms with E-state index in [4.69, 9.17) is 0 Å². The Morgan fingerprint density at radius 1 is 0.917 bits per heavy atom. The zero-order valence-electron chi connectivity index (χ0n) is 9.31. The standard InChI is InChI=1S/C10H23NS/c1-9(2,3)11(7-8-12)10(4,5)6/h12H,7-8H2,1-6H3. The molecule has 0 aliphatic carbocycles. The van der Waals surface area contributed by atoms with Crippen LogP contribution in [0.4, 0.5) is 0 Å². The van der Waals surface area contributed by atoms with Crippen molar-refractivity contribution < 1.29 is 0 Å². The summed E-state index contributed by atoms with van der Waals surface area (Å²) in [6.45, 7) is 14.6. The van der Waals surface area contributed by atoms with E-state index >= 15 is 0 Å². The van der Waals surface area contributed by atoms with Crippen LogP contribution >= 0.6 is 12.6 Å². The Balaban J connectivity index is 4.45. The Morgan fingerprint density at radius 2 is 1.25 bits per heavy atom. The molecule has 0 aromatic carbocycles. The van der Waals surface area contributed by atoms with Gasteiger partial charge in [0, 0.05) is 23.4 Å². The number of hydrogen-bond donors (Lipinski definition) is 1. The molecule has 1 nitrogen and oxygen atoms in total. The van der Waals surface area contributed by atoms with Gasteiger partial charge >= 0.3 is 0 Å². The van der Waals surface area contributed by atoms with Crippen LogP contribution in [0.1, 0.15) is 41.5 Å². The molecule has 0 bridgehead atoms. The average molecular weight is 189 g/mol. The molecule has 0 fully saturated rings. The minimum absolute atomic E-state index is 0.237. The highest BCUT2D eigenvalue weighted by atomic mass is 32.1. The van der Waals surface area contributed by atoms with Gasteiger partial charge in [-0.1, -0.05) is 0 Å². The SMILES string of the molecule is CC(C)(C)N(CCS)C(C)(C)C. The highest BCUT2D eigenvalue weighted by molar-refractivity contribution is 7.80. The molecule has 0 rings (SSSR count). The summed E-state index contributed by atoms with van der Waals surface area (Å²) in [6.07, 6.45) is 0. The highest BCUT2D eigenvalue weighted by Crippen LogP contribution is 2.23. The molecular formula is C10H23NS. The smallest absolute Gasteiger partial charge is 0.0130 e. The van der Waals surface area contributed by atoms with Crippen molar-refractivity contribution in [3.05, 3.63) is 0 Å². The van der Waals surface area contributed by atoms with E-state index in [2.05, 4.69) is 59.1 Å². The quantitative estimate of drug-likeness (QED) is 0.654. The van der Waals surface area contributed by atoms with Crippen LogP contribution < -0.4 is 0 Å². The third-order valence-electron chi connectivity index (χ3n) is 1.94. The predicted octanol–water partition coefficient (Wildman–Crippen LogP) is 2.82. The second-order valence-corrected chi connectivity index (χ2v) is 5.66. The van der Waals surface area contributed by atoms with E-state index in [1.54, 1.807) is 0 Å². The maximum absolute atomic E-state index is 4.28. The molecule has 74 valence electrons. The first kappa shape index (κ1) is 12.3. The van der Waals surface area contributed by atoms with Gasteiger partial charge in [0.05, 0.1) is 0 Å². The van der Waals surface area contributed by atoms with E-state index in [1.807, 2.05) is 0 Å². The molecule has 0 N–H and O–H groups in total. The van der Waals surface area contributed by atoms with Crippen LogP contribution in [0.2, 0.25) is 0 Å². The lowest BCUT2D eigenvalue weighted by Gasteiger charge is -2.45. The van der Waals surface area contributed by atoms with Gasteiger partial charge < -0.3 is 0 Å². The fourth-order valence-corrected chi connectivity index (χ4v) is 1.98. The molecule has 0 saturated heterocycles. The maximum atomic E-state index is 4.28. The monoisotopic (exact) mass is 189 g/mol. The van der Waals surface area contributed by atoms with Crippen molar-refractivity contribution >= 4 is 12.6 Å². The summed E-state index contributed by atoms with van der Waals surface area (Å²) in [6, 6.07) is 0. The van der Waals surface area contributed by atoms with Crippen molar-refractivity contribution in [2.24, 2.45) is 0 Å². The minimum atomic E-state index is 0.237. The lowest BCUT2D eigenvalue weighted by Crippen LogP contribution is -2.53. The van der Waals surface area contributed by atoms with Crippen LogP contribution in [0.15, 0.2) is 0 Å². The lowest BCUT2D eigenvalue weighted by molar-refractivity contribution is 0.0460. The summed E-state index contributed by atoms with van der Waals surface area (Å²) in [5.41, 5.74) is 0.474. The molecule has 0 aliphatic heterocycles. The molecule has 12 heavy (non-hydrogen) atoms. The van der Waals surface area contributed by atoms with Crippen molar-refractivity contribution in [2.75, 3.05) is 12.3 Å². The predicted molar refractivity (Wildman–Crippen MR) is 60.1 cm³/mol. The molecule has 0 spiro atoms. The molecule has 0 aromatic heterocycles. The van der Waals surface area contributed by atoms with Crippen LogP contribution in [0.25, 0.3) is 0 Å². The Labute approximate surface area is 82.9 Å². The molecule has 0 heterocycles. The summed E-state index contributed by atoms with van der Waals surface area (Å²) >= 11 is 4.28. The third kappa shape index (κ3) is 3.81. The van der Waals surface area contributed by atoms with Crippen molar-refractivity contribution in [2.45, 2.75) is 52.6 Å². The molecule has 0 saturated carbocycles. The largest absolute Gasteiger partial charge is 0.293 e. The Bertz CT molecular complexity index is 116. The molecule has 0 aliphatic rings. The fraction of sp³-hybridized carbons (Fsp3) is 1.00. The third-order valence-corrected chi connectivity index (χ3v) is 2.14. The van der Waals surface area contributed by atoms with Crippen LogP contribution in [-0.2, 0) is 0 Å². The van der Waals surface area contributed by atoms with E-state index in [9.17, 15) is 0 Å². The minimum Gasteiger partial charge on any atom is -0.293 e. The van der Waals surface area contributed by atoms with E-state index in [0.717, 1.165) is 12.3 Å². The van der Waals surface area contributed by atoms with Gasteiger partial charge in [-0.25, -0.2) is 0 Å². The zero-order chi connectivity index (χ0) is 9.99. The Hall–Kier alpha value is 0.310. The molecule has 0 amide bonds. The van der Waals surface area contributed by atoms with E-state index in [-0.39, 0.29) is 11.1 Å². The molecule has 0 unspecified atom stereocenters. The summed E-state index contributed by atoms with van der Waals surface area (Å²) < 4.78 is 0. The highest BCUT2D eigenvalue weighted by Gasteiger charge is 2.30. The van der Waals surface area contributed by atoms with Gasteiger partial charge in [0.25, 0.3) is 0 Å². The van der Waals surface area contributed by atoms with Gasteiger partial charge in [-0.05, 0) is 41.5 Å². The van der Waals surface area contributed by atoms with Crippen LogP contribution in [0.5, 0.6) is 0 Å². The van der Waals surface area contributed by atoms with Crippen LogP contribution in [0.3, 0.4) is 0 Å². The lowest BCUT2D eigenvalue weighted by atomic mass is 9.96. The van der Waals surface area contributed by atoms with Crippen molar-refractivity contribution in [3.63, 3.8) is 0 Å². The second-order valence-electron chi connectivity index (χ2n) is 5.22. The van der Waals surface area contributed by atoms with Crippen LogP contribution in [0, 0.1) is 0 Å². The number of rotatable bonds is 2. The molecule has 0 radical (unpaired) electrons. The van der Waals surface area contributed by atoms with E-state index in [1.165, 1.54) is 0 Å². The van der Waals surface area contributed by atoms with Gasteiger partial charge in [-0.3, -0.25) is 4.90 Å². The van der Waals surface area contributed by atoms with E-state index in [0.29, 0.717) is 0 Å². The zero-order valence-corrected chi connectivity index (χ0v) is 10.2. The summed E-state index contributed by atoms with van der Waals surface area (Å²) in [5, 5.41) is 0. The summed E-state index contributed by atoms with van der Waals surface area (Å²) in [5.74, 6) is 0.925. The first-order chi connectivity index (χ1) is 5.19. The summed E-state index contributed by atoms with van der Waals surface area (Å²) in [7, 11) is 0. The van der Waals surface area contributed by atoms with Gasteiger partial charge in [-0.2, -0.15) is 12.6 Å². The normalized spacial score (nSPS) is 14.0. The Kier molecular flexibility index (Phi) is 4.12. The second kappa shape index (κ2) is 4.01. The van der Waals surface area contributed by atoms with Gasteiger partial charge in [0.2, 0.25) is 0 Å². The topological polar surface area (TPSA) is 3.24 Å². The summed E-state index contributed by atoms with van der Waals surface area (Å²) in [4.78, 5) is 2.48. The van der Waals surface area contributed by atoms with Crippen molar-refractivity contribution in [1.82, 2.24) is 4.90 Å². The van der Waals surface area contributed by atoms with Gasteiger partial charge in [0.1, 0.15) is 0 Å². The first-order valence-electron chi connectivity index (χ1n) is 4.58. The van der Waals surface area contributed by atoms with Gasteiger partial charge in [-0.15, -0.1) is 0 Å². The Morgan fingerprint density at radius 3 is 1.33 bits per heavy atom. The molecule has 0 aromatic rings. The number of hydrogen-bond acceptors (Lipinski definition) is 2. The van der Waals surface area contributed by atoms with Crippen molar-refractivity contribution in [3.8, 4) is 0 Å². The average Bonchev–Trinajstić information content (AvgIpc) is 1.77. The number of nitrogens with zero attached hydrogens (tertiary/aromatic N) is 1. The van der Waals surface area contributed by atoms with Crippen LogP contribution in [-0.4, -0.2) is 28.3 Å². The van der Waals surface area contributed by atoms with Gasteiger partial charge in [0.15, 0.2) is 0 Å². The first-order valence-corrected chi connectivity index (χ1v) is 5.21. The van der Waals surface area contributed by atoms with E-state index < -0.39 is 0 Å². The molecular weight excluding hydrogens is 166 g/mol. The fourth-order valence-electron chi connectivity index (χ4n) is 1.78.